The normalized spacial score (nSPS) is 10.7. The first-order valence-electron chi connectivity index (χ1n) is 6.17. The first-order valence-corrected chi connectivity index (χ1v) is 7.15. The van der Waals surface area contributed by atoms with Crippen LogP contribution >= 0.6 is 11.8 Å². The fourth-order valence-corrected chi connectivity index (χ4v) is 2.82. The maximum absolute atomic E-state index is 4.70. The lowest BCUT2D eigenvalue weighted by Gasteiger charge is -2.07. The van der Waals surface area contributed by atoms with Crippen molar-refractivity contribution in [3.8, 4) is 5.69 Å². The largest absolute Gasteiger partial charge is 0.287 e. The molecule has 0 N–H and O–H groups in total. The second-order valence-electron chi connectivity index (χ2n) is 4.15. The number of fused-ring (bicyclic) bond motifs is 1. The molecule has 94 valence electrons. The van der Waals surface area contributed by atoms with Crippen LogP contribution in [0.1, 0.15) is 0 Å². The van der Waals surface area contributed by atoms with Crippen LogP contribution in [0, 0.1) is 0 Å². The van der Waals surface area contributed by atoms with E-state index in [1.54, 1.807) is 11.8 Å². The molecule has 0 atom stereocenters. The van der Waals surface area contributed by atoms with Gasteiger partial charge in [-0.3, -0.25) is 4.57 Å². The molecule has 0 aliphatic rings. The van der Waals surface area contributed by atoms with Gasteiger partial charge in [-0.1, -0.05) is 48.2 Å². The van der Waals surface area contributed by atoms with Crippen molar-refractivity contribution in [1.82, 2.24) is 9.55 Å². The Balaban J connectivity index is 2.21. The predicted octanol–water partition coefficient (Wildman–Crippen LogP) is 4.30. The second-order valence-corrected chi connectivity index (χ2v) is 5.14. The van der Waals surface area contributed by atoms with Crippen molar-refractivity contribution in [3.05, 3.63) is 67.3 Å². The highest BCUT2D eigenvalue weighted by Crippen LogP contribution is 2.27. The third-order valence-electron chi connectivity index (χ3n) is 2.87. The number of thioether (sulfide) groups is 1. The summed E-state index contributed by atoms with van der Waals surface area (Å²) in [5.74, 6) is 0.857. The van der Waals surface area contributed by atoms with E-state index in [4.69, 9.17) is 4.98 Å². The Morgan fingerprint density at radius 1 is 1.05 bits per heavy atom. The number of para-hydroxylation sites is 3. The number of benzene rings is 2. The van der Waals surface area contributed by atoms with Crippen molar-refractivity contribution < 1.29 is 0 Å². The van der Waals surface area contributed by atoms with Crippen LogP contribution in [0.4, 0.5) is 0 Å². The minimum absolute atomic E-state index is 0.857. The van der Waals surface area contributed by atoms with Gasteiger partial charge in [-0.15, -0.1) is 6.58 Å². The molecular formula is C16H14N2S. The molecule has 3 rings (SSSR count). The number of rotatable bonds is 4. The molecule has 1 aromatic heterocycles. The first-order chi connectivity index (χ1) is 9.40. The summed E-state index contributed by atoms with van der Waals surface area (Å²) in [5, 5.41) is 1.01. The van der Waals surface area contributed by atoms with Crippen molar-refractivity contribution in [2.75, 3.05) is 5.75 Å². The molecule has 1 heterocycles. The van der Waals surface area contributed by atoms with Gasteiger partial charge in [-0.05, 0) is 24.3 Å². The van der Waals surface area contributed by atoms with Crippen molar-refractivity contribution in [2.45, 2.75) is 5.16 Å². The van der Waals surface area contributed by atoms with E-state index in [1.807, 2.05) is 42.5 Å². The molecule has 0 spiro atoms. The summed E-state index contributed by atoms with van der Waals surface area (Å²) in [6, 6.07) is 18.5. The van der Waals surface area contributed by atoms with Crippen molar-refractivity contribution in [2.24, 2.45) is 0 Å². The second kappa shape index (κ2) is 5.33. The van der Waals surface area contributed by atoms with Gasteiger partial charge in [0.1, 0.15) is 0 Å². The number of hydrogen-bond acceptors (Lipinski definition) is 2. The van der Waals surface area contributed by atoms with Crippen molar-refractivity contribution in [1.29, 1.82) is 0 Å². The summed E-state index contributed by atoms with van der Waals surface area (Å²) in [4.78, 5) is 4.70. The number of nitrogens with zero attached hydrogens (tertiary/aromatic N) is 2. The van der Waals surface area contributed by atoms with E-state index in [0.29, 0.717) is 0 Å². The topological polar surface area (TPSA) is 17.8 Å². The Hall–Kier alpha value is -2.00. The van der Waals surface area contributed by atoms with E-state index in [9.17, 15) is 0 Å². The summed E-state index contributed by atoms with van der Waals surface area (Å²) >= 11 is 1.70. The highest BCUT2D eigenvalue weighted by molar-refractivity contribution is 7.99. The van der Waals surface area contributed by atoms with Crippen LogP contribution in [-0.4, -0.2) is 15.3 Å². The van der Waals surface area contributed by atoms with E-state index in [2.05, 4.69) is 29.3 Å². The van der Waals surface area contributed by atoms with E-state index in [1.165, 1.54) is 0 Å². The van der Waals surface area contributed by atoms with Crippen LogP contribution in [0.3, 0.4) is 0 Å². The molecule has 0 amide bonds. The smallest absolute Gasteiger partial charge is 0.174 e. The van der Waals surface area contributed by atoms with Gasteiger partial charge in [-0.25, -0.2) is 4.98 Å². The summed E-state index contributed by atoms with van der Waals surface area (Å²) < 4.78 is 2.20. The van der Waals surface area contributed by atoms with E-state index in [0.717, 1.165) is 27.6 Å². The van der Waals surface area contributed by atoms with Crippen LogP contribution in [0.25, 0.3) is 16.7 Å². The molecule has 3 heteroatoms. The highest BCUT2D eigenvalue weighted by Gasteiger charge is 2.11. The maximum Gasteiger partial charge on any atom is 0.174 e. The average Bonchev–Trinajstić information content (AvgIpc) is 2.84. The SMILES string of the molecule is C=CCSc1nc2ccccc2n1-c1ccccc1. The minimum atomic E-state index is 0.857. The number of imidazole rings is 1. The molecule has 2 aromatic carbocycles. The first kappa shape index (κ1) is 12.1. The zero-order valence-electron chi connectivity index (χ0n) is 10.5. The van der Waals surface area contributed by atoms with Crippen LogP contribution < -0.4 is 0 Å². The third kappa shape index (κ3) is 2.29. The lowest BCUT2D eigenvalue weighted by Crippen LogP contribution is -1.96. The quantitative estimate of drug-likeness (QED) is 0.517. The standard InChI is InChI=1S/C16H14N2S/c1-2-12-19-16-17-14-10-6-7-11-15(14)18(16)13-8-4-3-5-9-13/h2-11H,1,12H2. The molecule has 0 saturated carbocycles. The van der Waals surface area contributed by atoms with Gasteiger partial charge in [0.15, 0.2) is 5.16 Å². The summed E-state index contributed by atoms with van der Waals surface area (Å²) in [7, 11) is 0. The molecule has 0 fully saturated rings. The molecule has 19 heavy (non-hydrogen) atoms. The Labute approximate surface area is 116 Å². The molecule has 3 aromatic rings. The van der Waals surface area contributed by atoms with E-state index >= 15 is 0 Å². The molecule has 0 bridgehead atoms. The monoisotopic (exact) mass is 266 g/mol. The van der Waals surface area contributed by atoms with Gasteiger partial charge in [0, 0.05) is 11.4 Å². The average molecular weight is 266 g/mol. The van der Waals surface area contributed by atoms with Gasteiger partial charge >= 0.3 is 0 Å². The lowest BCUT2D eigenvalue weighted by molar-refractivity contribution is 0.921. The zero-order valence-corrected chi connectivity index (χ0v) is 11.3. The van der Waals surface area contributed by atoms with Crippen LogP contribution in [0.15, 0.2) is 72.4 Å². The molecule has 0 radical (unpaired) electrons. The van der Waals surface area contributed by atoms with Gasteiger partial charge in [-0.2, -0.15) is 0 Å². The van der Waals surface area contributed by atoms with Crippen molar-refractivity contribution >= 4 is 22.8 Å². The molecule has 0 aliphatic carbocycles. The van der Waals surface area contributed by atoms with Crippen LogP contribution in [0.2, 0.25) is 0 Å². The third-order valence-corrected chi connectivity index (χ3v) is 3.81. The minimum Gasteiger partial charge on any atom is -0.287 e. The zero-order chi connectivity index (χ0) is 13.1. The van der Waals surface area contributed by atoms with Gasteiger partial charge < -0.3 is 0 Å². The van der Waals surface area contributed by atoms with E-state index in [-0.39, 0.29) is 0 Å². The number of hydrogen-bond donors (Lipinski definition) is 0. The summed E-state index contributed by atoms with van der Waals surface area (Å²) in [6.07, 6.45) is 1.90. The van der Waals surface area contributed by atoms with Gasteiger partial charge in [0.2, 0.25) is 0 Å². The Morgan fingerprint density at radius 2 is 1.79 bits per heavy atom. The van der Waals surface area contributed by atoms with Crippen LogP contribution in [0.5, 0.6) is 0 Å². The summed E-state index contributed by atoms with van der Waals surface area (Å²) in [6.45, 7) is 3.77. The van der Waals surface area contributed by atoms with Gasteiger partial charge in [0.05, 0.1) is 11.0 Å². The fraction of sp³-hybridized carbons (Fsp3) is 0.0625. The maximum atomic E-state index is 4.70. The molecule has 0 aliphatic heterocycles. The number of aromatic nitrogens is 2. The molecular weight excluding hydrogens is 252 g/mol. The fourth-order valence-electron chi connectivity index (χ4n) is 2.06. The Morgan fingerprint density at radius 3 is 2.58 bits per heavy atom. The highest BCUT2D eigenvalue weighted by atomic mass is 32.2. The Bertz CT molecular complexity index is 701. The summed E-state index contributed by atoms with van der Waals surface area (Å²) in [5.41, 5.74) is 3.31. The molecule has 0 unspecified atom stereocenters. The molecule has 2 nitrogen and oxygen atoms in total. The van der Waals surface area contributed by atoms with Crippen molar-refractivity contribution in [3.63, 3.8) is 0 Å². The molecule has 0 saturated heterocycles. The lowest BCUT2D eigenvalue weighted by atomic mass is 10.3. The Kier molecular flexibility index (Phi) is 3.38. The van der Waals surface area contributed by atoms with Gasteiger partial charge in [0.25, 0.3) is 0 Å². The van der Waals surface area contributed by atoms with Crippen LogP contribution in [-0.2, 0) is 0 Å². The predicted molar refractivity (Wildman–Crippen MR) is 82.0 cm³/mol. The van der Waals surface area contributed by atoms with E-state index < -0.39 is 0 Å².